The lowest BCUT2D eigenvalue weighted by molar-refractivity contribution is -0.133. The van der Waals surface area contributed by atoms with Crippen molar-refractivity contribution in [1.82, 2.24) is 9.80 Å². The van der Waals surface area contributed by atoms with Crippen molar-refractivity contribution < 1.29 is 14.4 Å². The Bertz CT molecular complexity index is 1200. The van der Waals surface area contributed by atoms with Gasteiger partial charge in [-0.2, -0.15) is 0 Å². The number of rotatable bonds is 10. The minimum Gasteiger partial charge on any atom is -0.399 e. The third kappa shape index (κ3) is 8.55. The van der Waals surface area contributed by atoms with Crippen LogP contribution in [0.15, 0.2) is 47.6 Å². The van der Waals surface area contributed by atoms with Gasteiger partial charge in [0.15, 0.2) is 0 Å². The van der Waals surface area contributed by atoms with Crippen LogP contribution in [0.5, 0.6) is 0 Å². The number of benzene rings is 2. The average Bonchev–Trinajstić information content (AvgIpc) is 2.98. The maximum Gasteiger partial charge on any atom is 0.230 e. The Morgan fingerprint density at radius 3 is 2.29 bits per heavy atom. The minimum atomic E-state index is -0.0633. The molecule has 7 nitrogen and oxygen atoms in total. The van der Waals surface area contributed by atoms with Crippen LogP contribution in [0.4, 0.5) is 5.69 Å². The van der Waals surface area contributed by atoms with Crippen molar-refractivity contribution in [2.24, 2.45) is 17.0 Å². The highest BCUT2D eigenvalue weighted by atomic mass is 35.5. The van der Waals surface area contributed by atoms with Gasteiger partial charge in [0.25, 0.3) is 0 Å². The van der Waals surface area contributed by atoms with E-state index in [2.05, 4.69) is 34.3 Å². The highest BCUT2D eigenvalue weighted by molar-refractivity contribution is 6.31. The van der Waals surface area contributed by atoms with Gasteiger partial charge in [-0.1, -0.05) is 47.1 Å². The van der Waals surface area contributed by atoms with Gasteiger partial charge in [0.1, 0.15) is 7.11 Å². The molecule has 0 aliphatic carbocycles. The first kappa shape index (κ1) is 31.0. The smallest absolute Gasteiger partial charge is 0.230 e. The number of aryl methyl sites for hydroxylation is 1. The molecule has 2 aliphatic heterocycles. The highest BCUT2D eigenvalue weighted by Gasteiger charge is 2.30. The van der Waals surface area contributed by atoms with E-state index in [0.29, 0.717) is 43.4 Å². The van der Waals surface area contributed by atoms with Crippen LogP contribution in [0.1, 0.15) is 62.6 Å². The number of carbonyl (C=O) groups excluding carboxylic acids is 2. The molecule has 0 unspecified atom stereocenters. The topological polar surface area (TPSA) is 65.5 Å². The van der Waals surface area contributed by atoms with Crippen molar-refractivity contribution in [2.45, 2.75) is 59.3 Å². The van der Waals surface area contributed by atoms with Crippen LogP contribution in [-0.2, 0) is 20.8 Å². The molecule has 0 radical (unpaired) electrons. The molecule has 0 aromatic heterocycles. The first-order valence-corrected chi connectivity index (χ1v) is 15.4. The Morgan fingerprint density at radius 1 is 1.00 bits per heavy atom. The van der Waals surface area contributed by atoms with Crippen molar-refractivity contribution in [3.8, 4) is 0 Å². The van der Waals surface area contributed by atoms with Gasteiger partial charge in [-0.15, -0.1) is 0 Å². The van der Waals surface area contributed by atoms with Gasteiger partial charge in [0.05, 0.1) is 5.71 Å². The van der Waals surface area contributed by atoms with E-state index in [1.165, 1.54) is 18.4 Å². The van der Waals surface area contributed by atoms with E-state index < -0.39 is 0 Å². The molecule has 2 aromatic rings. The second kappa shape index (κ2) is 14.8. The second-order valence-electron chi connectivity index (χ2n) is 11.6. The van der Waals surface area contributed by atoms with Crippen molar-refractivity contribution >= 4 is 34.8 Å². The van der Waals surface area contributed by atoms with Crippen LogP contribution in [0, 0.1) is 18.8 Å². The minimum absolute atomic E-state index is 0.0633. The summed E-state index contributed by atoms with van der Waals surface area (Å²) >= 11 is 6.46. The number of oxime groups is 1. The number of hydrogen-bond acceptors (Lipinski definition) is 5. The Balaban J connectivity index is 1.28. The van der Waals surface area contributed by atoms with Gasteiger partial charge in [-0.05, 0) is 107 Å². The molecule has 2 amide bonds. The molecule has 8 heteroatoms. The number of hydrogen-bond donors (Lipinski definition) is 0. The first-order valence-electron chi connectivity index (χ1n) is 15.0. The highest BCUT2D eigenvalue weighted by Crippen LogP contribution is 2.28. The summed E-state index contributed by atoms with van der Waals surface area (Å²) in [5.41, 5.74) is 5.22. The largest absolute Gasteiger partial charge is 0.399 e. The molecule has 0 bridgehead atoms. The van der Waals surface area contributed by atoms with Gasteiger partial charge in [-0.25, -0.2) is 0 Å². The summed E-state index contributed by atoms with van der Waals surface area (Å²) in [6, 6.07) is 14.6. The zero-order chi connectivity index (χ0) is 29.4. The van der Waals surface area contributed by atoms with Gasteiger partial charge in [0.2, 0.25) is 11.8 Å². The van der Waals surface area contributed by atoms with Crippen LogP contribution in [0.3, 0.4) is 0 Å². The van der Waals surface area contributed by atoms with E-state index >= 15 is 0 Å². The molecule has 2 heterocycles. The third-order valence-corrected chi connectivity index (χ3v) is 9.12. The molecule has 4 rings (SSSR count). The molecule has 2 aromatic carbocycles. The van der Waals surface area contributed by atoms with Crippen LogP contribution in [0.2, 0.25) is 5.02 Å². The Kier molecular flexibility index (Phi) is 11.2. The monoisotopic (exact) mass is 580 g/mol. The molecular weight excluding hydrogens is 536 g/mol. The molecule has 2 aliphatic rings. The maximum absolute atomic E-state index is 13.7. The normalized spacial score (nSPS) is 17.5. The Labute approximate surface area is 250 Å². The molecular formula is C33H45ClN4O3. The number of piperidine rings is 2. The van der Waals surface area contributed by atoms with Crippen molar-refractivity contribution in [3.05, 3.63) is 64.2 Å². The van der Waals surface area contributed by atoms with Crippen molar-refractivity contribution in [3.63, 3.8) is 0 Å². The predicted molar refractivity (Wildman–Crippen MR) is 167 cm³/mol. The van der Waals surface area contributed by atoms with E-state index in [0.717, 1.165) is 55.0 Å². The second-order valence-corrected chi connectivity index (χ2v) is 12.0. The summed E-state index contributed by atoms with van der Waals surface area (Å²) in [5, 5.41) is 4.70. The number of likely N-dealkylation sites (tertiary alicyclic amines) is 2. The lowest BCUT2D eigenvalue weighted by atomic mass is 9.89. The standard InChI is InChI=1S/C33H45ClN4O3/c1-24-6-11-31(23-32(24)34)38(33(40)30-14-20-37(21-15-30)26(3)39)17-5-16-36-18-12-28(13-19-36)22-27-7-9-29(10-8-27)25(2)35-41-4/h6-11,23,28,30H,5,12-22H2,1-4H3/b35-25+. The first-order chi connectivity index (χ1) is 19.7. The molecule has 0 N–H and O–H groups in total. The van der Waals surface area contributed by atoms with Gasteiger partial charge in [0, 0.05) is 43.2 Å². The van der Waals surface area contributed by atoms with Gasteiger partial charge < -0.3 is 19.5 Å². The summed E-state index contributed by atoms with van der Waals surface area (Å²) in [7, 11) is 1.57. The number of carbonyl (C=O) groups is 2. The van der Waals surface area contributed by atoms with Gasteiger partial charge in [-0.3, -0.25) is 9.59 Å². The van der Waals surface area contributed by atoms with Crippen LogP contribution < -0.4 is 4.90 Å². The predicted octanol–water partition coefficient (Wildman–Crippen LogP) is 5.96. The number of anilines is 1. The molecule has 0 atom stereocenters. The summed E-state index contributed by atoms with van der Waals surface area (Å²) < 4.78 is 0. The third-order valence-electron chi connectivity index (χ3n) is 8.71. The molecule has 2 saturated heterocycles. The fourth-order valence-electron chi connectivity index (χ4n) is 6.05. The van der Waals surface area contributed by atoms with Gasteiger partial charge >= 0.3 is 0 Å². The summed E-state index contributed by atoms with van der Waals surface area (Å²) in [5.74, 6) is 0.871. The maximum atomic E-state index is 13.7. The zero-order valence-corrected chi connectivity index (χ0v) is 25.8. The zero-order valence-electron chi connectivity index (χ0n) is 25.1. The Hall–Kier alpha value is -2.90. The van der Waals surface area contributed by atoms with Crippen LogP contribution >= 0.6 is 11.6 Å². The number of nitrogens with zero attached hydrogens (tertiary/aromatic N) is 4. The average molecular weight is 581 g/mol. The van der Waals surface area contributed by atoms with E-state index in [1.807, 2.05) is 41.8 Å². The molecule has 41 heavy (non-hydrogen) atoms. The SMILES string of the molecule is CO/N=C(\C)c1ccc(CC2CCN(CCCN(C(=O)C3CCN(C(C)=O)CC3)c3ccc(C)c(Cl)c3)CC2)cc1. The lowest BCUT2D eigenvalue weighted by Gasteiger charge is -2.35. The number of halogens is 1. The molecule has 2 fully saturated rings. The van der Waals surface area contributed by atoms with Crippen molar-refractivity contribution in [1.29, 1.82) is 0 Å². The quantitative estimate of drug-likeness (QED) is 0.257. The van der Waals surface area contributed by atoms with E-state index in [9.17, 15) is 9.59 Å². The van der Waals surface area contributed by atoms with E-state index in [4.69, 9.17) is 16.4 Å². The Morgan fingerprint density at radius 2 is 1.68 bits per heavy atom. The van der Waals surface area contributed by atoms with Crippen molar-refractivity contribution in [2.75, 3.05) is 51.3 Å². The van der Waals surface area contributed by atoms with Crippen LogP contribution in [0.25, 0.3) is 0 Å². The lowest BCUT2D eigenvalue weighted by Crippen LogP contribution is -2.45. The summed E-state index contributed by atoms with van der Waals surface area (Å²) in [6.45, 7) is 10.7. The summed E-state index contributed by atoms with van der Waals surface area (Å²) in [6.07, 6.45) is 5.83. The van der Waals surface area contributed by atoms with E-state index in [1.54, 1.807) is 14.0 Å². The molecule has 0 saturated carbocycles. The molecule has 0 spiro atoms. The molecule has 222 valence electrons. The fraction of sp³-hybridized carbons (Fsp3) is 0.545. The summed E-state index contributed by atoms with van der Waals surface area (Å²) in [4.78, 5) is 36.7. The van der Waals surface area contributed by atoms with Crippen LogP contribution in [-0.4, -0.2) is 73.7 Å². The number of amides is 2. The fourth-order valence-corrected chi connectivity index (χ4v) is 6.22. The van der Waals surface area contributed by atoms with E-state index in [-0.39, 0.29) is 17.7 Å².